The molecule has 0 spiro atoms. The summed E-state index contributed by atoms with van der Waals surface area (Å²) < 4.78 is 1.98. The molecule has 33 heavy (non-hydrogen) atoms. The Morgan fingerprint density at radius 2 is 1.88 bits per heavy atom. The minimum Gasteiger partial charge on any atom is -0.346 e. The third-order valence-electron chi connectivity index (χ3n) is 5.65. The van der Waals surface area contributed by atoms with Crippen LogP contribution < -0.4 is 10.5 Å². The van der Waals surface area contributed by atoms with Crippen molar-refractivity contribution in [3.8, 4) is 5.69 Å². The van der Waals surface area contributed by atoms with Gasteiger partial charge in [0.25, 0.3) is 5.56 Å². The Bertz CT molecular complexity index is 1270. The minimum absolute atomic E-state index is 0.280. The number of thiazole rings is 1. The van der Waals surface area contributed by atoms with Crippen LogP contribution >= 0.6 is 23.1 Å². The maximum atomic E-state index is 12.7. The van der Waals surface area contributed by atoms with Crippen LogP contribution in [0.15, 0.2) is 58.1 Å². The lowest BCUT2D eigenvalue weighted by molar-refractivity contribution is 0.259. The molecule has 1 aromatic carbocycles. The monoisotopic (exact) mass is 479 g/mol. The van der Waals surface area contributed by atoms with E-state index in [4.69, 9.17) is 0 Å². The van der Waals surface area contributed by atoms with E-state index in [2.05, 4.69) is 29.7 Å². The average Bonchev–Trinajstić information content (AvgIpc) is 3.38. The van der Waals surface area contributed by atoms with Gasteiger partial charge in [0.2, 0.25) is 0 Å². The zero-order valence-corrected chi connectivity index (χ0v) is 20.1. The number of anilines is 1. The zero-order chi connectivity index (χ0) is 22.6. The van der Waals surface area contributed by atoms with Crippen LogP contribution in [0, 0.1) is 6.92 Å². The second kappa shape index (κ2) is 9.98. The molecule has 1 aliphatic heterocycles. The number of benzene rings is 1. The Morgan fingerprint density at radius 1 is 1.06 bits per heavy atom. The summed E-state index contributed by atoms with van der Waals surface area (Å²) in [6, 6.07) is 9.95. The Kier molecular flexibility index (Phi) is 6.65. The highest BCUT2D eigenvalue weighted by molar-refractivity contribution is 7.99. The van der Waals surface area contributed by atoms with Crippen molar-refractivity contribution in [2.24, 2.45) is 0 Å². The summed E-state index contributed by atoms with van der Waals surface area (Å²) in [5.41, 5.74) is 1.27. The van der Waals surface area contributed by atoms with E-state index in [-0.39, 0.29) is 5.56 Å². The van der Waals surface area contributed by atoms with Gasteiger partial charge in [-0.25, -0.2) is 15.0 Å². The zero-order valence-electron chi connectivity index (χ0n) is 18.4. The predicted molar refractivity (Wildman–Crippen MR) is 134 cm³/mol. The van der Waals surface area contributed by atoms with E-state index in [1.165, 1.54) is 0 Å². The predicted octanol–water partition coefficient (Wildman–Crippen LogP) is 3.25. The number of aromatic nitrogens is 5. The first-order chi connectivity index (χ1) is 16.2. The molecule has 10 heteroatoms. The highest BCUT2D eigenvalue weighted by Crippen LogP contribution is 2.24. The number of hydrogen-bond donors (Lipinski definition) is 0. The maximum Gasteiger partial charge on any atom is 0.284 e. The number of para-hydroxylation sites is 1. The first kappa shape index (κ1) is 22.0. The van der Waals surface area contributed by atoms with Gasteiger partial charge < -0.3 is 4.90 Å². The average molecular weight is 480 g/mol. The third kappa shape index (κ3) is 4.92. The van der Waals surface area contributed by atoms with Crippen molar-refractivity contribution in [1.82, 2.24) is 29.4 Å². The molecule has 8 nitrogen and oxygen atoms in total. The number of rotatable bonds is 7. The molecule has 0 saturated carbocycles. The van der Waals surface area contributed by atoms with Gasteiger partial charge in [-0.15, -0.1) is 11.3 Å². The molecule has 0 N–H and O–H groups in total. The molecule has 4 heterocycles. The highest BCUT2D eigenvalue weighted by atomic mass is 32.2. The van der Waals surface area contributed by atoms with E-state index in [1.54, 1.807) is 29.3 Å². The number of thioether (sulfide) groups is 1. The minimum atomic E-state index is -0.280. The maximum absolute atomic E-state index is 12.7. The van der Waals surface area contributed by atoms with Crippen molar-refractivity contribution in [3.63, 3.8) is 0 Å². The summed E-state index contributed by atoms with van der Waals surface area (Å²) in [5, 5.41) is 4.25. The van der Waals surface area contributed by atoms with Crippen molar-refractivity contribution in [2.75, 3.05) is 43.4 Å². The number of fused-ring (bicyclic) bond motifs is 1. The molecule has 0 atom stereocenters. The van der Waals surface area contributed by atoms with E-state index in [0.29, 0.717) is 22.0 Å². The third-order valence-corrected chi connectivity index (χ3v) is 7.50. The quantitative estimate of drug-likeness (QED) is 0.227. The van der Waals surface area contributed by atoms with Crippen molar-refractivity contribution >= 4 is 39.3 Å². The summed E-state index contributed by atoms with van der Waals surface area (Å²) >= 11 is 3.31. The highest BCUT2D eigenvalue weighted by Gasteiger charge is 2.19. The van der Waals surface area contributed by atoms with E-state index in [1.807, 2.05) is 53.4 Å². The Morgan fingerprint density at radius 3 is 2.64 bits per heavy atom. The van der Waals surface area contributed by atoms with Crippen LogP contribution in [0.5, 0.6) is 0 Å². The summed E-state index contributed by atoms with van der Waals surface area (Å²) in [4.78, 5) is 35.1. The van der Waals surface area contributed by atoms with E-state index >= 15 is 0 Å². The van der Waals surface area contributed by atoms with Gasteiger partial charge in [0.1, 0.15) is 11.2 Å². The molecule has 4 aromatic rings. The molecular weight excluding hydrogens is 454 g/mol. The Balaban J connectivity index is 1.27. The lowest BCUT2D eigenvalue weighted by atomic mass is 10.3. The molecular formula is C23H25N7OS2. The van der Waals surface area contributed by atoms with Gasteiger partial charge in [-0.05, 0) is 32.0 Å². The number of aryl methyl sites for hydroxylation is 1. The van der Waals surface area contributed by atoms with Gasteiger partial charge in [-0.3, -0.25) is 14.3 Å². The van der Waals surface area contributed by atoms with Crippen LogP contribution in [-0.4, -0.2) is 67.9 Å². The largest absolute Gasteiger partial charge is 0.346 e. The van der Waals surface area contributed by atoms with Crippen molar-refractivity contribution in [1.29, 1.82) is 0 Å². The van der Waals surface area contributed by atoms with Crippen molar-refractivity contribution < 1.29 is 0 Å². The molecule has 1 fully saturated rings. The van der Waals surface area contributed by atoms with Crippen LogP contribution in [0.4, 0.5) is 5.13 Å². The van der Waals surface area contributed by atoms with Gasteiger partial charge in [-0.2, -0.15) is 4.98 Å². The lowest BCUT2D eigenvalue weighted by Gasteiger charge is -2.34. The summed E-state index contributed by atoms with van der Waals surface area (Å²) in [6.45, 7) is 6.98. The van der Waals surface area contributed by atoms with E-state index < -0.39 is 0 Å². The van der Waals surface area contributed by atoms with Gasteiger partial charge in [-0.1, -0.05) is 30.0 Å². The molecule has 0 radical (unpaired) electrons. The van der Waals surface area contributed by atoms with Gasteiger partial charge in [0.15, 0.2) is 15.9 Å². The van der Waals surface area contributed by atoms with Crippen LogP contribution in [0.3, 0.4) is 0 Å². The SMILES string of the molecule is Cc1ncc2c(=O)nc(SCCCN3CCN(c4nccs4)CC3)n(-c3ccccc3)c2n1. The molecule has 0 bridgehead atoms. The Hall–Kier alpha value is -2.82. The molecule has 1 aliphatic rings. The molecule has 0 amide bonds. The fraction of sp³-hybridized carbons (Fsp3) is 0.348. The van der Waals surface area contributed by atoms with Crippen LogP contribution in [0.2, 0.25) is 0 Å². The topological polar surface area (TPSA) is 80.0 Å². The standard InChI is InChI=1S/C23H25N7OS2/c1-17-25-16-19-20(26-17)30(18-6-3-2-4-7-18)23(27-21(19)31)32-14-5-9-28-10-12-29(13-11-28)22-24-8-15-33-22/h2-4,6-8,15-16H,5,9-14H2,1H3. The van der Waals surface area contributed by atoms with Crippen LogP contribution in [-0.2, 0) is 0 Å². The van der Waals surface area contributed by atoms with Crippen LogP contribution in [0.25, 0.3) is 16.7 Å². The normalized spacial score (nSPS) is 14.8. The van der Waals surface area contributed by atoms with Crippen molar-refractivity contribution in [3.05, 3.63) is 64.3 Å². The molecule has 1 saturated heterocycles. The van der Waals surface area contributed by atoms with Gasteiger partial charge in [0.05, 0.1) is 0 Å². The van der Waals surface area contributed by atoms with Crippen LogP contribution in [0.1, 0.15) is 12.2 Å². The number of piperazine rings is 1. The first-order valence-electron chi connectivity index (χ1n) is 11.0. The fourth-order valence-corrected chi connectivity index (χ4v) is 5.58. The molecule has 0 unspecified atom stereocenters. The molecule has 5 rings (SSSR count). The summed E-state index contributed by atoms with van der Waals surface area (Å²) in [6.07, 6.45) is 4.46. The second-order valence-corrected chi connectivity index (χ2v) is 9.81. The molecule has 170 valence electrons. The molecule has 3 aromatic heterocycles. The molecule has 0 aliphatic carbocycles. The van der Waals surface area contributed by atoms with Gasteiger partial charge in [0, 0.05) is 55.4 Å². The second-order valence-electron chi connectivity index (χ2n) is 7.87. The van der Waals surface area contributed by atoms with E-state index in [9.17, 15) is 4.79 Å². The summed E-state index contributed by atoms with van der Waals surface area (Å²) in [7, 11) is 0. The van der Waals surface area contributed by atoms with E-state index in [0.717, 1.165) is 55.7 Å². The number of hydrogen-bond acceptors (Lipinski definition) is 9. The first-order valence-corrected chi connectivity index (χ1v) is 12.9. The number of nitrogens with zero attached hydrogens (tertiary/aromatic N) is 7. The smallest absolute Gasteiger partial charge is 0.284 e. The lowest BCUT2D eigenvalue weighted by Crippen LogP contribution is -2.46. The van der Waals surface area contributed by atoms with Gasteiger partial charge >= 0.3 is 0 Å². The Labute approximate surface area is 200 Å². The summed E-state index contributed by atoms with van der Waals surface area (Å²) in [5.74, 6) is 1.51. The van der Waals surface area contributed by atoms with Crippen molar-refractivity contribution in [2.45, 2.75) is 18.5 Å². The fourth-order valence-electron chi connectivity index (χ4n) is 3.96.